The molecule has 0 aliphatic rings. The molecular weight excluding hydrogens is 328 g/mol. The quantitative estimate of drug-likeness (QED) is 0.712. The van der Waals surface area contributed by atoms with E-state index < -0.39 is 5.97 Å². The van der Waals surface area contributed by atoms with Crippen LogP contribution in [-0.2, 0) is 24.2 Å². The van der Waals surface area contributed by atoms with Crippen LogP contribution in [0.4, 0.5) is 0 Å². The van der Waals surface area contributed by atoms with Crippen molar-refractivity contribution < 1.29 is 9.90 Å². The minimum Gasteiger partial charge on any atom is -0.480 e. The van der Waals surface area contributed by atoms with Gasteiger partial charge in [0.25, 0.3) is 5.56 Å². The molecule has 0 fully saturated rings. The van der Waals surface area contributed by atoms with Gasteiger partial charge in [0.15, 0.2) is 0 Å². The van der Waals surface area contributed by atoms with Gasteiger partial charge in [-0.3, -0.25) is 19.1 Å². The smallest absolute Gasteiger partial charge is 0.323 e. The van der Waals surface area contributed by atoms with Crippen molar-refractivity contribution in [3.05, 3.63) is 88.5 Å². The fourth-order valence-electron chi connectivity index (χ4n) is 2.94. The molecule has 0 spiro atoms. The largest absolute Gasteiger partial charge is 0.480 e. The van der Waals surface area contributed by atoms with E-state index >= 15 is 0 Å². The highest BCUT2D eigenvalue weighted by atomic mass is 16.4. The minimum absolute atomic E-state index is 0.332. The Kier molecular flexibility index (Phi) is 5.59. The molecule has 5 nitrogen and oxygen atoms in total. The van der Waals surface area contributed by atoms with E-state index in [1.165, 1.54) is 10.1 Å². The number of carboxylic acids is 1. The lowest BCUT2D eigenvalue weighted by Gasteiger charge is -2.12. The lowest BCUT2D eigenvalue weighted by atomic mass is 10.1. The summed E-state index contributed by atoms with van der Waals surface area (Å²) < 4.78 is 1.29. The molecular formula is C21H20N2O3. The summed E-state index contributed by atoms with van der Waals surface area (Å²) in [7, 11) is 0. The van der Waals surface area contributed by atoms with Crippen LogP contribution in [0.2, 0.25) is 0 Å². The molecule has 1 aromatic heterocycles. The van der Waals surface area contributed by atoms with Gasteiger partial charge in [-0.2, -0.15) is 0 Å². The van der Waals surface area contributed by atoms with Gasteiger partial charge in [0.05, 0.1) is 11.9 Å². The number of hydrogen-bond donors (Lipinski definition) is 1. The zero-order valence-corrected chi connectivity index (χ0v) is 14.3. The minimum atomic E-state index is -1.05. The lowest BCUT2D eigenvalue weighted by molar-refractivity contribution is -0.137. The Bertz CT molecular complexity index is 934. The van der Waals surface area contributed by atoms with Crippen LogP contribution in [0.1, 0.15) is 17.7 Å². The summed E-state index contributed by atoms with van der Waals surface area (Å²) in [4.78, 5) is 28.3. The van der Waals surface area contributed by atoms with Crippen molar-refractivity contribution in [2.24, 2.45) is 0 Å². The maximum atomic E-state index is 12.8. The summed E-state index contributed by atoms with van der Waals surface area (Å²) in [5.41, 5.74) is 2.57. The Hall–Kier alpha value is -3.21. The molecule has 132 valence electrons. The zero-order chi connectivity index (χ0) is 18.4. The highest BCUT2D eigenvalue weighted by Crippen LogP contribution is 2.17. The van der Waals surface area contributed by atoms with Gasteiger partial charge in [-0.1, -0.05) is 60.7 Å². The Morgan fingerprint density at radius 3 is 2.27 bits per heavy atom. The zero-order valence-electron chi connectivity index (χ0n) is 14.3. The molecule has 26 heavy (non-hydrogen) atoms. The van der Waals surface area contributed by atoms with Crippen molar-refractivity contribution in [2.45, 2.75) is 25.8 Å². The van der Waals surface area contributed by atoms with E-state index in [2.05, 4.69) is 17.1 Å². The van der Waals surface area contributed by atoms with Crippen molar-refractivity contribution in [1.29, 1.82) is 0 Å². The topological polar surface area (TPSA) is 72.2 Å². The molecule has 3 aromatic rings. The summed E-state index contributed by atoms with van der Waals surface area (Å²) >= 11 is 0. The second-order valence-electron chi connectivity index (χ2n) is 6.08. The van der Waals surface area contributed by atoms with Crippen molar-refractivity contribution in [1.82, 2.24) is 9.55 Å². The fourth-order valence-corrected chi connectivity index (χ4v) is 2.94. The predicted molar refractivity (Wildman–Crippen MR) is 100 cm³/mol. The predicted octanol–water partition coefficient (Wildman–Crippen LogP) is 3.17. The molecule has 0 saturated heterocycles. The van der Waals surface area contributed by atoms with Crippen LogP contribution in [-0.4, -0.2) is 20.6 Å². The standard InChI is InChI=1S/C21H20N2O3/c24-20(25)15-23-19(17-11-5-2-6-12-17)14-22-18(21(23)26)13-7-10-16-8-3-1-4-9-16/h1-6,8-9,11-12,14H,7,10,13,15H2,(H,24,25). The van der Waals surface area contributed by atoms with Gasteiger partial charge >= 0.3 is 5.97 Å². The van der Waals surface area contributed by atoms with Crippen LogP contribution < -0.4 is 5.56 Å². The van der Waals surface area contributed by atoms with Crippen LogP contribution in [0.25, 0.3) is 11.3 Å². The summed E-state index contributed by atoms with van der Waals surface area (Å²) in [6.45, 7) is -0.378. The highest BCUT2D eigenvalue weighted by molar-refractivity contribution is 5.68. The molecule has 3 rings (SSSR count). The molecule has 0 saturated carbocycles. The first-order chi connectivity index (χ1) is 12.6. The number of rotatable bonds is 7. The first-order valence-electron chi connectivity index (χ1n) is 8.55. The van der Waals surface area contributed by atoms with E-state index in [4.69, 9.17) is 0 Å². The monoisotopic (exact) mass is 348 g/mol. The second-order valence-corrected chi connectivity index (χ2v) is 6.08. The van der Waals surface area contributed by atoms with E-state index in [1.807, 2.05) is 48.5 Å². The third kappa shape index (κ3) is 4.25. The maximum absolute atomic E-state index is 12.8. The Morgan fingerprint density at radius 2 is 1.62 bits per heavy atom. The third-order valence-electron chi connectivity index (χ3n) is 4.21. The van der Waals surface area contributed by atoms with Crippen molar-refractivity contribution in [2.75, 3.05) is 0 Å². The Morgan fingerprint density at radius 1 is 0.962 bits per heavy atom. The number of aliphatic carboxylic acids is 1. The first-order valence-corrected chi connectivity index (χ1v) is 8.55. The Balaban J connectivity index is 1.85. The molecule has 0 aliphatic heterocycles. The van der Waals surface area contributed by atoms with Gasteiger partial charge in [0, 0.05) is 0 Å². The van der Waals surface area contributed by atoms with Gasteiger partial charge in [-0.05, 0) is 30.4 Å². The number of hydrogen-bond acceptors (Lipinski definition) is 3. The van der Waals surface area contributed by atoms with Crippen molar-refractivity contribution >= 4 is 5.97 Å². The molecule has 0 unspecified atom stereocenters. The van der Waals surface area contributed by atoms with E-state index in [0.717, 1.165) is 18.4 Å². The van der Waals surface area contributed by atoms with Crippen LogP contribution in [0, 0.1) is 0 Å². The molecule has 0 bridgehead atoms. The average molecular weight is 348 g/mol. The number of aryl methyl sites for hydroxylation is 2. The van der Waals surface area contributed by atoms with E-state index in [-0.39, 0.29) is 12.1 Å². The van der Waals surface area contributed by atoms with Crippen molar-refractivity contribution in [3.63, 3.8) is 0 Å². The SMILES string of the molecule is O=C(O)Cn1c(-c2ccccc2)cnc(CCCc2ccccc2)c1=O. The highest BCUT2D eigenvalue weighted by Gasteiger charge is 2.14. The molecule has 0 atom stereocenters. The lowest BCUT2D eigenvalue weighted by Crippen LogP contribution is -2.29. The molecule has 0 aliphatic carbocycles. The summed E-state index contributed by atoms with van der Waals surface area (Å²) in [5, 5.41) is 9.20. The molecule has 1 heterocycles. The first kappa shape index (κ1) is 17.6. The van der Waals surface area contributed by atoms with Crippen LogP contribution in [0.5, 0.6) is 0 Å². The van der Waals surface area contributed by atoms with Crippen LogP contribution in [0.3, 0.4) is 0 Å². The molecule has 1 N–H and O–H groups in total. The molecule has 0 amide bonds. The number of carbonyl (C=O) groups is 1. The van der Waals surface area contributed by atoms with Gasteiger partial charge in [0.2, 0.25) is 0 Å². The third-order valence-corrected chi connectivity index (χ3v) is 4.21. The summed E-state index contributed by atoms with van der Waals surface area (Å²) in [5.74, 6) is -1.05. The van der Waals surface area contributed by atoms with Gasteiger partial charge in [0.1, 0.15) is 12.2 Å². The number of aromatic nitrogens is 2. The average Bonchev–Trinajstić information content (AvgIpc) is 2.66. The van der Waals surface area contributed by atoms with Crippen LogP contribution >= 0.6 is 0 Å². The normalized spacial score (nSPS) is 10.6. The number of carboxylic acid groups (broad SMARTS) is 1. The Labute approximate surface area is 151 Å². The van der Waals surface area contributed by atoms with E-state index in [9.17, 15) is 14.7 Å². The molecule has 5 heteroatoms. The fraction of sp³-hybridized carbons (Fsp3) is 0.190. The van der Waals surface area contributed by atoms with Gasteiger partial charge in [-0.15, -0.1) is 0 Å². The number of nitrogens with zero attached hydrogens (tertiary/aromatic N) is 2. The van der Waals surface area contributed by atoms with Crippen molar-refractivity contribution in [3.8, 4) is 11.3 Å². The number of benzene rings is 2. The maximum Gasteiger partial charge on any atom is 0.323 e. The van der Waals surface area contributed by atoms with Gasteiger partial charge in [-0.25, -0.2) is 0 Å². The van der Waals surface area contributed by atoms with E-state index in [1.54, 1.807) is 6.20 Å². The van der Waals surface area contributed by atoms with Crippen LogP contribution in [0.15, 0.2) is 71.7 Å². The molecule has 0 radical (unpaired) electrons. The van der Waals surface area contributed by atoms with E-state index in [0.29, 0.717) is 17.8 Å². The van der Waals surface area contributed by atoms with Gasteiger partial charge < -0.3 is 5.11 Å². The summed E-state index contributed by atoms with van der Waals surface area (Å²) in [6.07, 6.45) is 3.74. The second kappa shape index (κ2) is 8.25. The summed E-state index contributed by atoms with van der Waals surface area (Å²) in [6, 6.07) is 19.3. The molecule has 2 aromatic carbocycles.